The number of rotatable bonds is 11. The lowest BCUT2D eigenvalue weighted by atomic mass is 10.2. The Morgan fingerprint density at radius 3 is 2.75 bits per heavy atom. The van der Waals surface area contributed by atoms with Gasteiger partial charge in [0, 0.05) is 18.3 Å². The average Bonchev–Trinajstić information content (AvgIpc) is 3.07. The fraction of sp³-hybridized carbons (Fsp3) is 0.550. The van der Waals surface area contributed by atoms with Crippen LogP contribution in [0.4, 0.5) is 5.69 Å². The Morgan fingerprint density at radius 2 is 2.11 bits per heavy atom. The summed E-state index contributed by atoms with van der Waals surface area (Å²) in [5, 5.41) is 12.5. The molecule has 0 radical (unpaired) electrons. The molecule has 0 saturated heterocycles. The molecule has 0 saturated carbocycles. The van der Waals surface area contributed by atoms with E-state index < -0.39 is 0 Å². The molecule has 1 unspecified atom stereocenters. The third kappa shape index (κ3) is 5.97. The van der Waals surface area contributed by atoms with Gasteiger partial charge in [-0.15, -0.1) is 10.2 Å². The summed E-state index contributed by atoms with van der Waals surface area (Å²) in [7, 11) is 5.72. The number of amides is 1. The largest absolute Gasteiger partial charge is 0.497 e. The lowest BCUT2D eigenvalue weighted by Gasteiger charge is -2.23. The number of aromatic nitrogens is 3. The maximum atomic E-state index is 12.4. The molecule has 0 fully saturated rings. The van der Waals surface area contributed by atoms with Gasteiger partial charge in [-0.2, -0.15) is 0 Å². The minimum atomic E-state index is -0.0792. The van der Waals surface area contributed by atoms with Crippen LogP contribution in [0.3, 0.4) is 0 Å². The van der Waals surface area contributed by atoms with Crippen LogP contribution in [0, 0.1) is 0 Å². The second-order valence-corrected chi connectivity index (χ2v) is 7.74. The van der Waals surface area contributed by atoms with Gasteiger partial charge < -0.3 is 14.6 Å². The number of nitrogens with one attached hydrogen (secondary N) is 1. The standard InChI is InChI=1S/C20H31N5O2S/c1-6-8-12-25-19(17(7-2)24(3)4)22-23-20(25)28-14-18(26)21-15-10-9-11-16(13-15)27-5/h9-11,13,17H,6-8,12,14H2,1-5H3,(H,21,26). The minimum Gasteiger partial charge on any atom is -0.497 e. The number of ether oxygens (including phenoxy) is 1. The summed E-state index contributed by atoms with van der Waals surface area (Å²) in [4.78, 5) is 14.5. The molecule has 1 atom stereocenters. The Kier molecular flexibility index (Phi) is 8.79. The molecular formula is C20H31N5O2S. The Labute approximate surface area is 171 Å². The first-order valence-corrected chi connectivity index (χ1v) is 10.6. The smallest absolute Gasteiger partial charge is 0.234 e. The van der Waals surface area contributed by atoms with Crippen molar-refractivity contribution >= 4 is 23.4 Å². The first-order valence-electron chi connectivity index (χ1n) is 9.66. The number of hydrogen-bond donors (Lipinski definition) is 1. The lowest BCUT2D eigenvalue weighted by molar-refractivity contribution is -0.113. The van der Waals surface area contributed by atoms with Crippen molar-refractivity contribution in [3.05, 3.63) is 30.1 Å². The molecule has 28 heavy (non-hydrogen) atoms. The van der Waals surface area contributed by atoms with Crippen LogP contribution in [0.2, 0.25) is 0 Å². The Hall–Kier alpha value is -2.06. The lowest BCUT2D eigenvalue weighted by Crippen LogP contribution is -2.23. The number of carbonyl (C=O) groups excluding carboxylic acids is 1. The van der Waals surface area contributed by atoms with Gasteiger partial charge in [-0.1, -0.05) is 38.1 Å². The topological polar surface area (TPSA) is 72.3 Å². The van der Waals surface area contributed by atoms with Crippen LogP contribution in [-0.4, -0.2) is 52.5 Å². The summed E-state index contributed by atoms with van der Waals surface area (Å²) in [5.41, 5.74) is 0.719. The van der Waals surface area contributed by atoms with Gasteiger partial charge >= 0.3 is 0 Å². The van der Waals surface area contributed by atoms with Crippen LogP contribution in [0.15, 0.2) is 29.4 Å². The third-order valence-electron chi connectivity index (χ3n) is 4.47. The SMILES string of the molecule is CCCCn1c(SCC(=O)Nc2cccc(OC)c2)nnc1C(CC)N(C)C. The molecule has 1 heterocycles. The van der Waals surface area contributed by atoms with E-state index in [2.05, 4.69) is 52.9 Å². The highest BCUT2D eigenvalue weighted by Crippen LogP contribution is 2.26. The van der Waals surface area contributed by atoms with Crippen molar-refractivity contribution in [3.8, 4) is 5.75 Å². The monoisotopic (exact) mass is 405 g/mol. The van der Waals surface area contributed by atoms with Gasteiger partial charge in [0.15, 0.2) is 11.0 Å². The number of carbonyl (C=O) groups is 1. The molecule has 0 aliphatic rings. The first kappa shape index (κ1) is 22.2. The van der Waals surface area contributed by atoms with E-state index in [1.165, 1.54) is 11.8 Å². The van der Waals surface area contributed by atoms with Crippen molar-refractivity contribution in [1.82, 2.24) is 19.7 Å². The van der Waals surface area contributed by atoms with Gasteiger partial charge in [0.25, 0.3) is 0 Å². The van der Waals surface area contributed by atoms with E-state index in [4.69, 9.17) is 4.74 Å². The summed E-state index contributed by atoms with van der Waals surface area (Å²) in [5.74, 6) is 1.88. The van der Waals surface area contributed by atoms with Gasteiger partial charge in [0.1, 0.15) is 5.75 Å². The fourth-order valence-electron chi connectivity index (χ4n) is 2.99. The number of unbranched alkanes of at least 4 members (excludes halogenated alkanes) is 1. The molecule has 0 aliphatic heterocycles. The molecule has 0 bridgehead atoms. The number of nitrogens with zero attached hydrogens (tertiary/aromatic N) is 4. The normalized spacial score (nSPS) is 12.2. The Morgan fingerprint density at radius 1 is 1.32 bits per heavy atom. The summed E-state index contributed by atoms with van der Waals surface area (Å²) >= 11 is 1.42. The van der Waals surface area contributed by atoms with E-state index in [1.807, 2.05) is 18.2 Å². The number of benzene rings is 1. The van der Waals surface area contributed by atoms with Crippen molar-refractivity contribution in [3.63, 3.8) is 0 Å². The van der Waals surface area contributed by atoms with E-state index in [0.29, 0.717) is 5.75 Å². The van der Waals surface area contributed by atoms with E-state index in [-0.39, 0.29) is 17.7 Å². The quantitative estimate of drug-likeness (QED) is 0.573. The maximum absolute atomic E-state index is 12.4. The molecule has 7 nitrogen and oxygen atoms in total. The fourth-order valence-corrected chi connectivity index (χ4v) is 3.76. The second kappa shape index (κ2) is 11.1. The second-order valence-electron chi connectivity index (χ2n) is 6.80. The molecule has 1 amide bonds. The number of hydrogen-bond acceptors (Lipinski definition) is 6. The Balaban J connectivity index is 2.07. The predicted octanol–water partition coefficient (Wildman–Crippen LogP) is 3.83. The molecule has 154 valence electrons. The van der Waals surface area contributed by atoms with E-state index in [9.17, 15) is 4.79 Å². The molecule has 1 aromatic carbocycles. The number of methoxy groups -OCH3 is 1. The molecule has 1 aromatic heterocycles. The first-order chi connectivity index (χ1) is 13.5. The molecule has 8 heteroatoms. The zero-order valence-electron chi connectivity index (χ0n) is 17.4. The van der Waals surface area contributed by atoms with Crippen LogP contribution in [0.1, 0.15) is 45.0 Å². The van der Waals surface area contributed by atoms with Crippen molar-refractivity contribution in [2.45, 2.75) is 50.9 Å². The highest BCUT2D eigenvalue weighted by atomic mass is 32.2. The van der Waals surface area contributed by atoms with Crippen molar-refractivity contribution < 1.29 is 9.53 Å². The van der Waals surface area contributed by atoms with Gasteiger partial charge in [-0.25, -0.2) is 0 Å². The van der Waals surface area contributed by atoms with Crippen molar-refractivity contribution in [1.29, 1.82) is 0 Å². The van der Waals surface area contributed by atoms with Gasteiger partial charge in [-0.3, -0.25) is 9.69 Å². The van der Waals surface area contributed by atoms with E-state index >= 15 is 0 Å². The highest BCUT2D eigenvalue weighted by molar-refractivity contribution is 7.99. The number of anilines is 1. The molecular weight excluding hydrogens is 374 g/mol. The van der Waals surface area contributed by atoms with E-state index in [0.717, 1.165) is 42.5 Å². The number of thioether (sulfide) groups is 1. The van der Waals surface area contributed by atoms with Crippen molar-refractivity contribution in [2.75, 3.05) is 32.3 Å². The van der Waals surface area contributed by atoms with Crippen LogP contribution >= 0.6 is 11.8 Å². The average molecular weight is 406 g/mol. The molecule has 0 spiro atoms. The zero-order chi connectivity index (χ0) is 20.5. The minimum absolute atomic E-state index is 0.0792. The maximum Gasteiger partial charge on any atom is 0.234 e. The summed E-state index contributed by atoms with van der Waals surface area (Å²) in [6.07, 6.45) is 3.10. The van der Waals surface area contributed by atoms with Gasteiger partial charge in [0.2, 0.25) is 5.91 Å². The molecule has 2 aromatic rings. The summed E-state index contributed by atoms with van der Waals surface area (Å²) in [6, 6.07) is 7.55. The van der Waals surface area contributed by atoms with E-state index in [1.54, 1.807) is 13.2 Å². The predicted molar refractivity (Wildman–Crippen MR) is 114 cm³/mol. The van der Waals surface area contributed by atoms with Gasteiger partial charge in [0.05, 0.1) is 18.9 Å². The molecule has 2 rings (SSSR count). The third-order valence-corrected chi connectivity index (χ3v) is 5.44. The summed E-state index contributed by atoms with van der Waals surface area (Å²) < 4.78 is 7.36. The Bertz CT molecular complexity index is 763. The van der Waals surface area contributed by atoms with Crippen LogP contribution in [0.25, 0.3) is 0 Å². The molecule has 1 N–H and O–H groups in total. The molecule has 0 aliphatic carbocycles. The zero-order valence-corrected chi connectivity index (χ0v) is 18.3. The van der Waals surface area contributed by atoms with Crippen LogP contribution in [0.5, 0.6) is 5.75 Å². The van der Waals surface area contributed by atoms with Gasteiger partial charge in [-0.05, 0) is 39.1 Å². The van der Waals surface area contributed by atoms with Crippen LogP contribution < -0.4 is 10.1 Å². The summed E-state index contributed by atoms with van der Waals surface area (Å²) in [6.45, 7) is 5.18. The van der Waals surface area contributed by atoms with Crippen molar-refractivity contribution in [2.24, 2.45) is 0 Å². The van der Waals surface area contributed by atoms with Crippen LogP contribution in [-0.2, 0) is 11.3 Å². The highest BCUT2D eigenvalue weighted by Gasteiger charge is 2.22.